The fourth-order valence-corrected chi connectivity index (χ4v) is 9.18. The van der Waals surface area contributed by atoms with Crippen LogP contribution in [0.2, 0.25) is 45.3 Å². The summed E-state index contributed by atoms with van der Waals surface area (Å²) in [5.41, 5.74) is 0.779. The lowest BCUT2D eigenvalue weighted by molar-refractivity contribution is 0.101. The molecule has 2 nitrogen and oxygen atoms in total. The number of furan rings is 1. The molecule has 1 fully saturated rings. The molecule has 1 aliphatic rings. The monoisotopic (exact) mass is 322 g/mol. The van der Waals surface area contributed by atoms with E-state index in [-0.39, 0.29) is 10.8 Å². The molecule has 0 spiro atoms. The average molecular weight is 323 g/mol. The van der Waals surface area contributed by atoms with Crippen LogP contribution in [0.1, 0.15) is 35.2 Å². The molecule has 0 aliphatic heterocycles. The van der Waals surface area contributed by atoms with Crippen LogP contribution >= 0.6 is 0 Å². The van der Waals surface area contributed by atoms with E-state index in [1.807, 2.05) is 6.92 Å². The van der Waals surface area contributed by atoms with Crippen LogP contribution in [0.4, 0.5) is 0 Å². The predicted molar refractivity (Wildman–Crippen MR) is 94.7 cm³/mol. The summed E-state index contributed by atoms with van der Waals surface area (Å²) in [4.78, 5) is 11.7. The summed E-state index contributed by atoms with van der Waals surface area (Å²) in [6, 6.07) is 3.42. The van der Waals surface area contributed by atoms with Crippen LogP contribution in [0, 0.1) is 12.8 Å². The summed E-state index contributed by atoms with van der Waals surface area (Å²) in [5, 5.41) is 0.256. The quantitative estimate of drug-likeness (QED) is 0.546. The Morgan fingerprint density at radius 3 is 2.24 bits per heavy atom. The van der Waals surface area contributed by atoms with Crippen molar-refractivity contribution in [3.63, 3.8) is 0 Å². The SMILES string of the molecule is CC(=O)c1cc([C@@]2([Si](C)(C)C)C[C@H]2C[Si](C)(C)C)oc1C. The summed E-state index contributed by atoms with van der Waals surface area (Å²) in [7, 11) is -2.48. The van der Waals surface area contributed by atoms with E-state index < -0.39 is 16.1 Å². The maximum atomic E-state index is 11.7. The number of hydrogen-bond donors (Lipinski definition) is 0. The van der Waals surface area contributed by atoms with Crippen molar-refractivity contribution < 1.29 is 9.21 Å². The maximum Gasteiger partial charge on any atom is 0.163 e. The van der Waals surface area contributed by atoms with Gasteiger partial charge in [-0.25, -0.2) is 0 Å². The van der Waals surface area contributed by atoms with Crippen molar-refractivity contribution in [2.75, 3.05) is 0 Å². The minimum atomic E-state index is -1.40. The lowest BCUT2D eigenvalue weighted by Gasteiger charge is -2.30. The predicted octanol–water partition coefficient (Wildman–Crippen LogP) is 5.26. The molecule has 1 aromatic heterocycles. The molecule has 4 heteroatoms. The van der Waals surface area contributed by atoms with Gasteiger partial charge < -0.3 is 4.42 Å². The zero-order valence-electron chi connectivity index (χ0n) is 14.9. The lowest BCUT2D eigenvalue weighted by Crippen LogP contribution is -2.41. The molecule has 0 radical (unpaired) electrons. The Kier molecular flexibility index (Phi) is 3.95. The molecule has 0 N–H and O–H groups in total. The van der Waals surface area contributed by atoms with Crippen LogP contribution in [0.15, 0.2) is 10.5 Å². The van der Waals surface area contributed by atoms with Gasteiger partial charge in [-0.1, -0.05) is 45.3 Å². The third kappa shape index (κ3) is 2.97. The number of aryl methyl sites for hydroxylation is 1. The molecular weight excluding hydrogens is 292 g/mol. The molecule has 1 heterocycles. The molecule has 0 bridgehead atoms. The molecule has 1 aromatic rings. The molecule has 0 unspecified atom stereocenters. The van der Waals surface area contributed by atoms with Crippen LogP contribution in [-0.2, 0) is 5.04 Å². The summed E-state index contributed by atoms with van der Waals surface area (Å²) in [6.07, 6.45) is 1.26. The Morgan fingerprint density at radius 1 is 1.29 bits per heavy atom. The maximum absolute atomic E-state index is 11.7. The molecule has 0 saturated heterocycles. The zero-order valence-corrected chi connectivity index (χ0v) is 16.9. The van der Waals surface area contributed by atoms with Gasteiger partial charge in [0, 0.05) is 13.1 Å². The smallest absolute Gasteiger partial charge is 0.163 e. The number of Topliss-reactive ketones (excluding diaryl/α,β-unsaturated/α-hetero) is 1. The van der Waals surface area contributed by atoms with Gasteiger partial charge in [-0.3, -0.25) is 4.79 Å². The number of ketones is 1. The number of carbonyl (C=O) groups excluding carboxylic acids is 1. The standard InChI is InChI=1S/C17H30O2Si2/c1-12(18)15-9-16(19-13(15)2)17(21(6,7)8)10-14(17)11-20(3,4)5/h9,14H,10-11H2,1-8H3/t14-,17+/m0/s1. The Labute approximate surface area is 131 Å². The van der Waals surface area contributed by atoms with Gasteiger partial charge >= 0.3 is 0 Å². The highest BCUT2D eigenvalue weighted by atomic mass is 28.3. The van der Waals surface area contributed by atoms with Crippen molar-refractivity contribution in [3.8, 4) is 0 Å². The largest absolute Gasteiger partial charge is 0.465 e. The Bertz CT molecular complexity index is 560. The van der Waals surface area contributed by atoms with Gasteiger partial charge in [0.25, 0.3) is 0 Å². The van der Waals surface area contributed by atoms with Crippen molar-refractivity contribution in [1.29, 1.82) is 0 Å². The molecule has 1 aliphatic carbocycles. The van der Waals surface area contributed by atoms with Crippen LogP contribution < -0.4 is 0 Å². The van der Waals surface area contributed by atoms with E-state index in [2.05, 4.69) is 45.3 Å². The molecular formula is C17H30O2Si2. The highest BCUT2D eigenvalue weighted by Gasteiger charge is 2.65. The fraction of sp³-hybridized carbons (Fsp3) is 0.706. The minimum absolute atomic E-state index is 0.121. The van der Waals surface area contributed by atoms with E-state index in [1.54, 1.807) is 6.92 Å². The Morgan fingerprint density at radius 2 is 1.86 bits per heavy atom. The lowest BCUT2D eigenvalue weighted by atomic mass is 10.1. The van der Waals surface area contributed by atoms with E-state index in [0.717, 1.165) is 23.0 Å². The van der Waals surface area contributed by atoms with Gasteiger partial charge in [0.1, 0.15) is 11.5 Å². The van der Waals surface area contributed by atoms with E-state index in [4.69, 9.17) is 4.42 Å². The summed E-state index contributed by atoms with van der Waals surface area (Å²) in [5.74, 6) is 2.79. The molecule has 21 heavy (non-hydrogen) atoms. The van der Waals surface area contributed by atoms with Gasteiger partial charge in [0.2, 0.25) is 0 Å². The van der Waals surface area contributed by atoms with E-state index >= 15 is 0 Å². The van der Waals surface area contributed by atoms with Crippen LogP contribution in [-0.4, -0.2) is 21.9 Å². The van der Waals surface area contributed by atoms with E-state index in [0.29, 0.717) is 0 Å². The summed E-state index contributed by atoms with van der Waals surface area (Å²) < 4.78 is 6.10. The molecule has 1 saturated carbocycles. The van der Waals surface area contributed by atoms with Gasteiger partial charge in [-0.05, 0) is 32.3 Å². The molecule has 118 valence electrons. The van der Waals surface area contributed by atoms with Crippen molar-refractivity contribution >= 4 is 21.9 Å². The second kappa shape index (κ2) is 4.95. The second-order valence-electron chi connectivity index (χ2n) is 9.02. The first-order valence-electron chi connectivity index (χ1n) is 8.00. The van der Waals surface area contributed by atoms with Crippen LogP contribution in [0.5, 0.6) is 0 Å². The number of carbonyl (C=O) groups is 1. The van der Waals surface area contributed by atoms with Gasteiger partial charge in [-0.2, -0.15) is 0 Å². The van der Waals surface area contributed by atoms with Crippen molar-refractivity contribution in [3.05, 3.63) is 23.2 Å². The fourth-order valence-electron chi connectivity index (χ4n) is 3.96. The van der Waals surface area contributed by atoms with Crippen molar-refractivity contribution in [1.82, 2.24) is 0 Å². The highest BCUT2D eigenvalue weighted by molar-refractivity contribution is 6.81. The topological polar surface area (TPSA) is 30.2 Å². The van der Waals surface area contributed by atoms with Crippen LogP contribution in [0.25, 0.3) is 0 Å². The first-order chi connectivity index (χ1) is 9.38. The Hall–Kier alpha value is -0.616. The zero-order chi connectivity index (χ0) is 16.2. The minimum Gasteiger partial charge on any atom is -0.465 e. The Balaban J connectivity index is 2.41. The van der Waals surface area contributed by atoms with Crippen molar-refractivity contribution in [2.45, 2.75) is 70.6 Å². The molecule has 0 amide bonds. The van der Waals surface area contributed by atoms with E-state index in [1.165, 1.54) is 12.5 Å². The summed E-state index contributed by atoms with van der Waals surface area (Å²) in [6.45, 7) is 18.3. The highest BCUT2D eigenvalue weighted by Crippen LogP contribution is 2.63. The second-order valence-corrected chi connectivity index (χ2v) is 19.9. The first-order valence-corrected chi connectivity index (χ1v) is 15.2. The molecule has 2 atom stereocenters. The van der Waals surface area contributed by atoms with Gasteiger partial charge in [-0.15, -0.1) is 0 Å². The molecule has 2 rings (SSSR count). The first kappa shape index (κ1) is 16.7. The van der Waals surface area contributed by atoms with Gasteiger partial charge in [0.05, 0.1) is 13.6 Å². The average Bonchev–Trinajstić information content (AvgIpc) is 2.81. The molecule has 0 aromatic carbocycles. The third-order valence-electron chi connectivity index (χ3n) is 5.04. The summed E-state index contributed by atoms with van der Waals surface area (Å²) >= 11 is 0. The normalized spacial score (nSPS) is 26.0. The van der Waals surface area contributed by atoms with Crippen molar-refractivity contribution in [2.24, 2.45) is 5.92 Å². The third-order valence-corrected chi connectivity index (χ3v) is 10.3. The number of rotatable bonds is 5. The van der Waals surface area contributed by atoms with Gasteiger partial charge in [0.15, 0.2) is 5.78 Å². The van der Waals surface area contributed by atoms with Crippen LogP contribution in [0.3, 0.4) is 0 Å². The number of hydrogen-bond acceptors (Lipinski definition) is 2. The van der Waals surface area contributed by atoms with E-state index in [9.17, 15) is 4.79 Å².